The molecule has 0 bridgehead atoms. The van der Waals surface area contributed by atoms with Crippen molar-refractivity contribution in [2.75, 3.05) is 62.7 Å². The molecule has 3 rings (SSSR count). The summed E-state index contributed by atoms with van der Waals surface area (Å²) in [7, 11) is 0. The number of nitrogens with one attached hydrogen (secondary N) is 1. The molecule has 2 saturated heterocycles. The average molecular weight is 313 g/mol. The van der Waals surface area contributed by atoms with Gasteiger partial charge in [-0.05, 0) is 37.5 Å². The summed E-state index contributed by atoms with van der Waals surface area (Å²) in [6.07, 6.45) is 2.61. The van der Waals surface area contributed by atoms with E-state index in [1.807, 2.05) is 0 Å². The molecule has 1 aromatic rings. The molecule has 3 heterocycles. The summed E-state index contributed by atoms with van der Waals surface area (Å²) in [6, 6.07) is 0. The third-order valence-corrected chi connectivity index (χ3v) is 3.97. The monoisotopic (exact) mass is 312 g/mol. The van der Waals surface area contributed by atoms with Gasteiger partial charge in [0.1, 0.15) is 0 Å². The molecule has 8 heteroatoms. The lowest BCUT2D eigenvalue weighted by atomic mass is 10.4. The molecule has 2 aliphatic rings. The van der Waals surface area contributed by atoms with Gasteiger partial charge in [-0.25, -0.2) is 0 Å². The maximum Gasteiger partial charge on any atom is 0.231 e. The van der Waals surface area contributed by atoms with Gasteiger partial charge in [0.2, 0.25) is 17.2 Å². The maximum absolute atomic E-state index is 6.00. The van der Waals surface area contributed by atoms with E-state index in [0.29, 0.717) is 25.1 Å². The standard InChI is InChI=1S/C13H21ClN6O/c14-11-16-12(15-3-6-19-4-1-2-5-19)18-13(17-11)20-7-9-21-10-8-20/h1-10H2,(H,15,16,17,18). The van der Waals surface area contributed by atoms with Crippen molar-refractivity contribution in [1.29, 1.82) is 0 Å². The number of anilines is 2. The van der Waals surface area contributed by atoms with Crippen molar-refractivity contribution >= 4 is 23.5 Å². The molecule has 0 radical (unpaired) electrons. The summed E-state index contributed by atoms with van der Waals surface area (Å²) >= 11 is 6.00. The lowest BCUT2D eigenvalue weighted by molar-refractivity contribution is 0.122. The number of ether oxygens (including phenoxy) is 1. The Bertz CT molecular complexity index is 462. The van der Waals surface area contributed by atoms with Gasteiger partial charge in [-0.2, -0.15) is 15.0 Å². The van der Waals surface area contributed by atoms with Crippen LogP contribution in [0.4, 0.5) is 11.9 Å². The molecule has 2 aliphatic heterocycles. The smallest absolute Gasteiger partial charge is 0.231 e. The third-order valence-electron chi connectivity index (χ3n) is 3.80. The molecule has 0 spiro atoms. The van der Waals surface area contributed by atoms with Crippen molar-refractivity contribution in [3.8, 4) is 0 Å². The Hall–Kier alpha value is -1.18. The van der Waals surface area contributed by atoms with E-state index in [-0.39, 0.29) is 5.28 Å². The SMILES string of the molecule is Clc1nc(NCCN2CCCC2)nc(N2CCOCC2)n1. The summed E-state index contributed by atoms with van der Waals surface area (Å²) < 4.78 is 5.34. The van der Waals surface area contributed by atoms with Crippen LogP contribution in [0.1, 0.15) is 12.8 Å². The Morgan fingerprint density at radius 3 is 2.57 bits per heavy atom. The Morgan fingerprint density at radius 2 is 1.81 bits per heavy atom. The highest BCUT2D eigenvalue weighted by Gasteiger charge is 2.16. The highest BCUT2D eigenvalue weighted by atomic mass is 35.5. The first-order valence-corrected chi connectivity index (χ1v) is 7.89. The number of aromatic nitrogens is 3. The predicted octanol–water partition coefficient (Wildman–Crippen LogP) is 0.869. The van der Waals surface area contributed by atoms with E-state index >= 15 is 0 Å². The van der Waals surface area contributed by atoms with E-state index < -0.39 is 0 Å². The lowest BCUT2D eigenvalue weighted by Gasteiger charge is -2.26. The van der Waals surface area contributed by atoms with Gasteiger partial charge in [0.25, 0.3) is 0 Å². The molecule has 0 aliphatic carbocycles. The molecule has 7 nitrogen and oxygen atoms in total. The fourth-order valence-corrected chi connectivity index (χ4v) is 2.81. The van der Waals surface area contributed by atoms with Crippen LogP contribution in [0.5, 0.6) is 0 Å². The van der Waals surface area contributed by atoms with Crippen LogP contribution in [0.3, 0.4) is 0 Å². The van der Waals surface area contributed by atoms with Crippen molar-refractivity contribution in [2.24, 2.45) is 0 Å². The van der Waals surface area contributed by atoms with Crippen molar-refractivity contribution in [3.05, 3.63) is 5.28 Å². The lowest BCUT2D eigenvalue weighted by Crippen LogP contribution is -2.37. The normalized spacial score (nSPS) is 20.0. The Labute approximate surface area is 129 Å². The zero-order valence-electron chi connectivity index (χ0n) is 12.1. The van der Waals surface area contributed by atoms with Crippen LogP contribution < -0.4 is 10.2 Å². The number of nitrogens with zero attached hydrogens (tertiary/aromatic N) is 5. The Kier molecular flexibility index (Phi) is 5.05. The second-order valence-corrected chi connectivity index (χ2v) is 5.64. The predicted molar refractivity (Wildman–Crippen MR) is 82.0 cm³/mol. The molecule has 1 N–H and O–H groups in total. The second kappa shape index (κ2) is 7.20. The van der Waals surface area contributed by atoms with Crippen LogP contribution >= 0.6 is 11.6 Å². The van der Waals surface area contributed by atoms with Crippen LogP contribution in [0.2, 0.25) is 5.28 Å². The Balaban J connectivity index is 1.57. The van der Waals surface area contributed by atoms with Crippen molar-refractivity contribution in [1.82, 2.24) is 19.9 Å². The van der Waals surface area contributed by atoms with Gasteiger partial charge in [0.15, 0.2) is 0 Å². The number of rotatable bonds is 5. The van der Waals surface area contributed by atoms with Crippen LogP contribution in [0.15, 0.2) is 0 Å². The molecule has 0 aromatic carbocycles. The van der Waals surface area contributed by atoms with E-state index in [4.69, 9.17) is 16.3 Å². The molecular formula is C13H21ClN6O. The molecule has 2 fully saturated rings. The van der Waals surface area contributed by atoms with Crippen LogP contribution in [-0.2, 0) is 4.74 Å². The molecule has 1 aromatic heterocycles. The molecule has 0 saturated carbocycles. The summed E-state index contributed by atoms with van der Waals surface area (Å²) in [5.41, 5.74) is 0. The van der Waals surface area contributed by atoms with Gasteiger partial charge in [-0.3, -0.25) is 0 Å². The second-order valence-electron chi connectivity index (χ2n) is 5.30. The van der Waals surface area contributed by atoms with E-state index in [2.05, 4.69) is 30.1 Å². The fraction of sp³-hybridized carbons (Fsp3) is 0.769. The van der Waals surface area contributed by atoms with Gasteiger partial charge in [-0.15, -0.1) is 0 Å². The quantitative estimate of drug-likeness (QED) is 0.865. The van der Waals surface area contributed by atoms with E-state index in [0.717, 1.165) is 26.2 Å². The topological polar surface area (TPSA) is 66.4 Å². The summed E-state index contributed by atoms with van der Waals surface area (Å²) in [6.45, 7) is 7.18. The number of hydrogen-bond donors (Lipinski definition) is 1. The van der Waals surface area contributed by atoms with E-state index in [9.17, 15) is 0 Å². The molecule has 0 atom stereocenters. The molecule has 116 valence electrons. The number of likely N-dealkylation sites (tertiary alicyclic amines) is 1. The first kappa shape index (κ1) is 14.7. The van der Waals surface area contributed by atoms with E-state index in [1.54, 1.807) is 0 Å². The largest absolute Gasteiger partial charge is 0.378 e. The number of morpholine rings is 1. The van der Waals surface area contributed by atoms with Crippen molar-refractivity contribution in [2.45, 2.75) is 12.8 Å². The molecule has 0 unspecified atom stereocenters. The molecular weight excluding hydrogens is 292 g/mol. The van der Waals surface area contributed by atoms with E-state index in [1.165, 1.54) is 25.9 Å². The van der Waals surface area contributed by atoms with Gasteiger partial charge in [-0.1, -0.05) is 0 Å². The van der Waals surface area contributed by atoms with Gasteiger partial charge in [0, 0.05) is 26.2 Å². The maximum atomic E-state index is 6.00. The first-order valence-electron chi connectivity index (χ1n) is 7.52. The van der Waals surface area contributed by atoms with Crippen LogP contribution in [0.25, 0.3) is 0 Å². The minimum Gasteiger partial charge on any atom is -0.378 e. The highest BCUT2D eigenvalue weighted by Crippen LogP contribution is 2.15. The number of hydrogen-bond acceptors (Lipinski definition) is 7. The number of halogens is 1. The minimum atomic E-state index is 0.232. The van der Waals surface area contributed by atoms with Gasteiger partial charge < -0.3 is 19.9 Å². The van der Waals surface area contributed by atoms with Crippen molar-refractivity contribution in [3.63, 3.8) is 0 Å². The van der Waals surface area contributed by atoms with Crippen LogP contribution in [-0.4, -0.2) is 72.3 Å². The third kappa shape index (κ3) is 4.15. The zero-order chi connectivity index (χ0) is 14.5. The van der Waals surface area contributed by atoms with Gasteiger partial charge in [0.05, 0.1) is 13.2 Å². The zero-order valence-corrected chi connectivity index (χ0v) is 12.8. The highest BCUT2D eigenvalue weighted by molar-refractivity contribution is 6.28. The fourth-order valence-electron chi connectivity index (χ4n) is 2.66. The summed E-state index contributed by atoms with van der Waals surface area (Å²) in [5.74, 6) is 1.18. The first-order chi connectivity index (χ1) is 10.3. The molecule has 0 amide bonds. The minimum absolute atomic E-state index is 0.232. The van der Waals surface area contributed by atoms with Crippen molar-refractivity contribution < 1.29 is 4.74 Å². The summed E-state index contributed by atoms with van der Waals surface area (Å²) in [4.78, 5) is 17.3. The Morgan fingerprint density at radius 1 is 1.05 bits per heavy atom. The van der Waals surface area contributed by atoms with Crippen LogP contribution in [0, 0.1) is 0 Å². The van der Waals surface area contributed by atoms with Gasteiger partial charge >= 0.3 is 0 Å². The summed E-state index contributed by atoms with van der Waals surface area (Å²) in [5, 5.41) is 3.48. The average Bonchev–Trinajstić information content (AvgIpc) is 3.01. The molecule has 21 heavy (non-hydrogen) atoms.